The number of nitrogens with one attached hydrogen (secondary N) is 1. The average molecular weight is 343 g/mol. The first-order chi connectivity index (χ1) is 7.90. The van der Waals surface area contributed by atoms with Crippen LogP contribution in [0.2, 0.25) is 0 Å². The minimum atomic E-state index is -3.51. The fourth-order valence-corrected chi connectivity index (χ4v) is 4.74. The van der Waals surface area contributed by atoms with Crippen molar-refractivity contribution in [2.24, 2.45) is 5.73 Å². The SMILES string of the molecule is COC(C)CNS(=O)(=O)c1cc(CN)sc1Br. The molecular formula is C9H15BrN2O3S2. The molecule has 0 spiro atoms. The Morgan fingerprint density at radius 3 is 2.76 bits per heavy atom. The molecule has 1 heterocycles. The smallest absolute Gasteiger partial charge is 0.242 e. The lowest BCUT2D eigenvalue weighted by atomic mass is 10.4. The lowest BCUT2D eigenvalue weighted by Gasteiger charge is -2.10. The third kappa shape index (κ3) is 4.01. The molecule has 0 amide bonds. The van der Waals surface area contributed by atoms with E-state index in [1.807, 2.05) is 0 Å². The van der Waals surface area contributed by atoms with Crippen LogP contribution in [0.3, 0.4) is 0 Å². The standard InChI is InChI=1S/C9H15BrN2O3S2/c1-6(15-2)5-12-17(13,14)8-3-7(4-11)16-9(8)10/h3,6,12H,4-5,11H2,1-2H3. The largest absolute Gasteiger partial charge is 0.380 e. The predicted molar refractivity (Wildman–Crippen MR) is 71.6 cm³/mol. The van der Waals surface area contributed by atoms with Gasteiger partial charge in [0.25, 0.3) is 0 Å². The molecule has 1 aromatic heterocycles. The second-order valence-electron chi connectivity index (χ2n) is 3.45. The van der Waals surface area contributed by atoms with Crippen LogP contribution in [-0.2, 0) is 21.3 Å². The summed E-state index contributed by atoms with van der Waals surface area (Å²) in [5, 5.41) is 0. The summed E-state index contributed by atoms with van der Waals surface area (Å²) in [6, 6.07) is 1.58. The van der Waals surface area contributed by atoms with Crippen LogP contribution in [0.4, 0.5) is 0 Å². The van der Waals surface area contributed by atoms with Crippen molar-refractivity contribution in [3.8, 4) is 0 Å². The molecule has 0 saturated heterocycles. The number of nitrogens with two attached hydrogens (primary N) is 1. The van der Waals surface area contributed by atoms with Gasteiger partial charge in [0.1, 0.15) is 4.90 Å². The van der Waals surface area contributed by atoms with E-state index in [-0.39, 0.29) is 17.5 Å². The molecule has 0 aliphatic rings. The highest BCUT2D eigenvalue weighted by atomic mass is 79.9. The normalized spacial score (nSPS) is 13.9. The Balaban J connectivity index is 2.85. The van der Waals surface area contributed by atoms with Crippen LogP contribution in [0.5, 0.6) is 0 Å². The molecule has 17 heavy (non-hydrogen) atoms. The topological polar surface area (TPSA) is 81.4 Å². The fourth-order valence-electron chi connectivity index (χ4n) is 1.07. The molecule has 0 saturated carbocycles. The van der Waals surface area contributed by atoms with Gasteiger partial charge in [0.2, 0.25) is 10.0 Å². The van der Waals surface area contributed by atoms with Gasteiger partial charge in [-0.25, -0.2) is 13.1 Å². The van der Waals surface area contributed by atoms with E-state index < -0.39 is 10.0 Å². The average Bonchev–Trinajstić information content (AvgIpc) is 2.68. The molecule has 5 nitrogen and oxygen atoms in total. The molecule has 0 aromatic carbocycles. The number of methoxy groups -OCH3 is 1. The predicted octanol–water partition coefficient (Wildman–Crippen LogP) is 1.28. The number of halogens is 1. The minimum absolute atomic E-state index is 0.170. The van der Waals surface area contributed by atoms with Crippen molar-refractivity contribution < 1.29 is 13.2 Å². The second kappa shape index (κ2) is 6.26. The summed E-state index contributed by atoms with van der Waals surface area (Å²) in [6.45, 7) is 2.35. The van der Waals surface area contributed by atoms with Gasteiger partial charge in [-0.15, -0.1) is 11.3 Å². The van der Waals surface area contributed by atoms with Gasteiger partial charge in [-0.3, -0.25) is 0 Å². The van der Waals surface area contributed by atoms with Crippen LogP contribution in [0.25, 0.3) is 0 Å². The lowest BCUT2D eigenvalue weighted by Crippen LogP contribution is -2.31. The maximum absolute atomic E-state index is 12.0. The van der Waals surface area contributed by atoms with E-state index in [0.717, 1.165) is 4.88 Å². The van der Waals surface area contributed by atoms with E-state index in [1.54, 1.807) is 13.0 Å². The van der Waals surface area contributed by atoms with E-state index in [1.165, 1.54) is 18.4 Å². The first-order valence-corrected chi connectivity index (χ1v) is 8.00. The monoisotopic (exact) mass is 342 g/mol. The zero-order valence-corrected chi connectivity index (χ0v) is 12.8. The highest BCUT2D eigenvalue weighted by Crippen LogP contribution is 2.31. The highest BCUT2D eigenvalue weighted by Gasteiger charge is 2.20. The van der Waals surface area contributed by atoms with Gasteiger partial charge in [0.15, 0.2) is 0 Å². The molecule has 98 valence electrons. The van der Waals surface area contributed by atoms with Gasteiger partial charge in [-0.05, 0) is 28.9 Å². The van der Waals surface area contributed by atoms with Gasteiger partial charge in [0.05, 0.1) is 9.89 Å². The van der Waals surface area contributed by atoms with E-state index in [2.05, 4.69) is 20.7 Å². The van der Waals surface area contributed by atoms with E-state index in [4.69, 9.17) is 10.5 Å². The number of rotatable bonds is 6. The fraction of sp³-hybridized carbons (Fsp3) is 0.556. The number of hydrogen-bond donors (Lipinski definition) is 2. The van der Waals surface area contributed by atoms with Crippen molar-refractivity contribution >= 4 is 37.3 Å². The first kappa shape index (κ1) is 15.1. The second-order valence-corrected chi connectivity index (χ2v) is 7.64. The summed E-state index contributed by atoms with van der Waals surface area (Å²) >= 11 is 4.55. The molecule has 8 heteroatoms. The summed E-state index contributed by atoms with van der Waals surface area (Å²) in [4.78, 5) is 1.04. The molecule has 1 atom stereocenters. The Hall–Kier alpha value is 0.01000. The van der Waals surface area contributed by atoms with Crippen molar-refractivity contribution in [2.45, 2.75) is 24.5 Å². The van der Waals surface area contributed by atoms with Crippen molar-refractivity contribution in [3.05, 3.63) is 14.7 Å². The Morgan fingerprint density at radius 2 is 2.29 bits per heavy atom. The zero-order valence-electron chi connectivity index (χ0n) is 9.57. The summed E-state index contributed by atoms with van der Waals surface area (Å²) in [7, 11) is -1.97. The Labute approximate surface area is 114 Å². The van der Waals surface area contributed by atoms with Crippen molar-refractivity contribution in [3.63, 3.8) is 0 Å². The summed E-state index contributed by atoms with van der Waals surface area (Å²) < 4.78 is 32.0. The van der Waals surface area contributed by atoms with Gasteiger partial charge < -0.3 is 10.5 Å². The minimum Gasteiger partial charge on any atom is -0.380 e. The van der Waals surface area contributed by atoms with Crippen LogP contribution in [0, 0.1) is 0 Å². The number of hydrogen-bond acceptors (Lipinski definition) is 5. The van der Waals surface area contributed by atoms with Crippen LogP contribution in [0.15, 0.2) is 14.7 Å². The van der Waals surface area contributed by atoms with Crippen molar-refractivity contribution in [1.82, 2.24) is 4.72 Å². The van der Waals surface area contributed by atoms with Gasteiger partial charge in [0, 0.05) is 25.1 Å². The number of ether oxygens (including phenoxy) is 1. The van der Waals surface area contributed by atoms with Crippen molar-refractivity contribution in [1.29, 1.82) is 0 Å². The highest BCUT2D eigenvalue weighted by molar-refractivity contribution is 9.11. The van der Waals surface area contributed by atoms with Crippen LogP contribution < -0.4 is 10.5 Å². The first-order valence-electron chi connectivity index (χ1n) is 4.91. The van der Waals surface area contributed by atoms with E-state index in [0.29, 0.717) is 10.3 Å². The van der Waals surface area contributed by atoms with Gasteiger partial charge >= 0.3 is 0 Å². The maximum atomic E-state index is 12.0. The molecule has 0 radical (unpaired) electrons. The summed E-state index contributed by atoms with van der Waals surface area (Å²) in [6.07, 6.45) is -0.170. The molecule has 0 fully saturated rings. The molecule has 0 aliphatic heterocycles. The quantitative estimate of drug-likeness (QED) is 0.815. The zero-order chi connectivity index (χ0) is 13.1. The van der Waals surface area contributed by atoms with Crippen LogP contribution >= 0.6 is 27.3 Å². The van der Waals surface area contributed by atoms with Crippen LogP contribution in [-0.4, -0.2) is 28.2 Å². The summed E-state index contributed by atoms with van der Waals surface area (Å²) in [5.41, 5.74) is 5.47. The molecule has 1 unspecified atom stereocenters. The molecule has 0 bridgehead atoms. The van der Waals surface area contributed by atoms with Crippen molar-refractivity contribution in [2.75, 3.05) is 13.7 Å². The molecule has 1 aromatic rings. The Bertz CT molecular complexity index is 473. The number of thiophene rings is 1. The maximum Gasteiger partial charge on any atom is 0.242 e. The van der Waals surface area contributed by atoms with Gasteiger partial charge in [-0.2, -0.15) is 0 Å². The van der Waals surface area contributed by atoms with Crippen LogP contribution in [0.1, 0.15) is 11.8 Å². The number of sulfonamides is 1. The Morgan fingerprint density at radius 1 is 1.65 bits per heavy atom. The van der Waals surface area contributed by atoms with E-state index in [9.17, 15) is 8.42 Å². The Kier molecular flexibility index (Phi) is 5.55. The molecular weight excluding hydrogens is 328 g/mol. The lowest BCUT2D eigenvalue weighted by molar-refractivity contribution is 0.122. The van der Waals surface area contributed by atoms with Gasteiger partial charge in [-0.1, -0.05) is 0 Å². The molecule has 0 aliphatic carbocycles. The molecule has 1 rings (SSSR count). The third-order valence-corrected chi connectivity index (χ3v) is 5.86. The molecule has 3 N–H and O–H groups in total. The third-order valence-electron chi connectivity index (χ3n) is 2.16. The summed E-state index contributed by atoms with van der Waals surface area (Å²) in [5.74, 6) is 0. The van der Waals surface area contributed by atoms with E-state index >= 15 is 0 Å².